The first kappa shape index (κ1) is 11.2. The second-order valence-electron chi connectivity index (χ2n) is 2.31. The Bertz CT molecular complexity index is 125. The zero-order valence-corrected chi connectivity index (χ0v) is 7.75. The standard InChI is InChI=1S/C8H17NO3/c1-3-11-8(2)9-12-7-5-4-6-10/h10H,3-7H2,1-2H3. The van der Waals surface area contributed by atoms with Gasteiger partial charge in [0.15, 0.2) is 0 Å². The Morgan fingerprint density at radius 1 is 1.42 bits per heavy atom. The molecular formula is C8H17NO3. The third-order valence-corrected chi connectivity index (χ3v) is 1.19. The highest BCUT2D eigenvalue weighted by molar-refractivity contribution is 5.72. The number of rotatable bonds is 6. The van der Waals surface area contributed by atoms with Crippen LogP contribution < -0.4 is 0 Å². The van der Waals surface area contributed by atoms with Crippen molar-refractivity contribution < 1.29 is 14.7 Å². The molecule has 0 aliphatic carbocycles. The lowest BCUT2D eigenvalue weighted by atomic mass is 10.3. The van der Waals surface area contributed by atoms with Gasteiger partial charge in [0.05, 0.1) is 6.61 Å². The van der Waals surface area contributed by atoms with Crippen molar-refractivity contribution in [2.45, 2.75) is 26.7 Å². The van der Waals surface area contributed by atoms with Crippen molar-refractivity contribution in [3.8, 4) is 0 Å². The minimum Gasteiger partial charge on any atom is -0.479 e. The summed E-state index contributed by atoms with van der Waals surface area (Å²) in [5.41, 5.74) is 0. The molecule has 0 amide bonds. The van der Waals surface area contributed by atoms with Gasteiger partial charge in [-0.05, 0) is 19.8 Å². The number of hydrogen-bond donors (Lipinski definition) is 1. The molecule has 0 aromatic heterocycles. The Morgan fingerprint density at radius 2 is 2.17 bits per heavy atom. The summed E-state index contributed by atoms with van der Waals surface area (Å²) in [6, 6.07) is 0. The molecule has 4 heteroatoms. The highest BCUT2D eigenvalue weighted by Crippen LogP contribution is 1.90. The second kappa shape index (κ2) is 8.33. The van der Waals surface area contributed by atoms with Gasteiger partial charge in [0.25, 0.3) is 0 Å². The monoisotopic (exact) mass is 175 g/mol. The summed E-state index contributed by atoms with van der Waals surface area (Å²) >= 11 is 0. The minimum atomic E-state index is 0.206. The predicted octanol–water partition coefficient (Wildman–Crippen LogP) is 1.15. The van der Waals surface area contributed by atoms with E-state index >= 15 is 0 Å². The van der Waals surface area contributed by atoms with Crippen LogP contribution in [0.2, 0.25) is 0 Å². The average molecular weight is 175 g/mol. The van der Waals surface area contributed by atoms with Crippen molar-refractivity contribution in [2.24, 2.45) is 5.16 Å². The highest BCUT2D eigenvalue weighted by Gasteiger charge is 1.89. The van der Waals surface area contributed by atoms with Gasteiger partial charge in [-0.3, -0.25) is 0 Å². The fourth-order valence-corrected chi connectivity index (χ4v) is 0.650. The molecule has 0 heterocycles. The lowest BCUT2D eigenvalue weighted by Gasteiger charge is -2.01. The number of unbranched alkanes of at least 4 members (excludes halogenated alkanes) is 1. The van der Waals surface area contributed by atoms with E-state index < -0.39 is 0 Å². The fraction of sp³-hybridized carbons (Fsp3) is 0.875. The Kier molecular flexibility index (Phi) is 7.79. The molecule has 0 aromatic rings. The van der Waals surface area contributed by atoms with E-state index in [1.807, 2.05) is 6.92 Å². The Balaban J connectivity index is 3.21. The Hall–Kier alpha value is -0.770. The molecule has 4 nitrogen and oxygen atoms in total. The number of aliphatic hydroxyl groups excluding tert-OH is 1. The third kappa shape index (κ3) is 7.34. The number of aliphatic hydroxyl groups is 1. The molecule has 0 saturated carbocycles. The maximum atomic E-state index is 8.44. The molecule has 0 aliphatic heterocycles. The fourth-order valence-electron chi connectivity index (χ4n) is 0.650. The highest BCUT2D eigenvalue weighted by atomic mass is 16.6. The summed E-state index contributed by atoms with van der Waals surface area (Å²) in [5.74, 6) is 0.543. The normalized spacial score (nSPS) is 11.4. The summed E-state index contributed by atoms with van der Waals surface area (Å²) in [6.45, 7) is 4.98. The van der Waals surface area contributed by atoms with Crippen molar-refractivity contribution in [2.75, 3.05) is 19.8 Å². The van der Waals surface area contributed by atoms with Crippen LogP contribution in [-0.4, -0.2) is 30.8 Å². The minimum absolute atomic E-state index is 0.206. The van der Waals surface area contributed by atoms with E-state index in [-0.39, 0.29) is 6.61 Å². The molecule has 0 fully saturated rings. The molecule has 0 rings (SSSR count). The van der Waals surface area contributed by atoms with Crippen LogP contribution in [0.1, 0.15) is 26.7 Å². The lowest BCUT2D eigenvalue weighted by Crippen LogP contribution is -2.00. The zero-order valence-electron chi connectivity index (χ0n) is 7.75. The van der Waals surface area contributed by atoms with Gasteiger partial charge in [0.1, 0.15) is 6.61 Å². The molecule has 0 saturated heterocycles. The first-order valence-corrected chi connectivity index (χ1v) is 4.21. The summed E-state index contributed by atoms with van der Waals surface area (Å²) in [6.07, 6.45) is 1.57. The third-order valence-electron chi connectivity index (χ3n) is 1.19. The van der Waals surface area contributed by atoms with E-state index in [0.717, 1.165) is 12.8 Å². The van der Waals surface area contributed by atoms with Crippen LogP contribution in [0.3, 0.4) is 0 Å². The van der Waals surface area contributed by atoms with Crippen LogP contribution in [0.15, 0.2) is 5.16 Å². The van der Waals surface area contributed by atoms with Crippen LogP contribution in [-0.2, 0) is 9.57 Å². The van der Waals surface area contributed by atoms with Crippen LogP contribution in [0.25, 0.3) is 0 Å². The predicted molar refractivity (Wildman–Crippen MR) is 47.0 cm³/mol. The smallest absolute Gasteiger partial charge is 0.222 e. The van der Waals surface area contributed by atoms with E-state index in [9.17, 15) is 0 Å². The maximum absolute atomic E-state index is 8.44. The van der Waals surface area contributed by atoms with Gasteiger partial charge in [-0.15, -0.1) is 0 Å². The van der Waals surface area contributed by atoms with Crippen molar-refractivity contribution in [1.29, 1.82) is 0 Å². The van der Waals surface area contributed by atoms with Gasteiger partial charge >= 0.3 is 0 Å². The van der Waals surface area contributed by atoms with Crippen molar-refractivity contribution in [3.63, 3.8) is 0 Å². The average Bonchev–Trinajstić information content (AvgIpc) is 2.05. The van der Waals surface area contributed by atoms with E-state index in [1.165, 1.54) is 0 Å². The van der Waals surface area contributed by atoms with E-state index in [0.29, 0.717) is 19.1 Å². The van der Waals surface area contributed by atoms with Crippen molar-refractivity contribution >= 4 is 5.90 Å². The van der Waals surface area contributed by atoms with Crippen molar-refractivity contribution in [1.82, 2.24) is 0 Å². The zero-order chi connectivity index (χ0) is 9.23. The lowest BCUT2D eigenvalue weighted by molar-refractivity contribution is 0.124. The molecule has 12 heavy (non-hydrogen) atoms. The Labute approximate surface area is 73.2 Å². The first-order chi connectivity index (χ1) is 5.81. The van der Waals surface area contributed by atoms with Gasteiger partial charge < -0.3 is 14.7 Å². The number of hydrogen-bond acceptors (Lipinski definition) is 4. The Morgan fingerprint density at radius 3 is 2.75 bits per heavy atom. The number of nitrogens with zero attached hydrogens (tertiary/aromatic N) is 1. The van der Waals surface area contributed by atoms with Gasteiger partial charge in [-0.1, -0.05) is 5.16 Å². The molecule has 72 valence electrons. The van der Waals surface area contributed by atoms with Crippen LogP contribution in [0.4, 0.5) is 0 Å². The topological polar surface area (TPSA) is 51.0 Å². The molecule has 0 bridgehead atoms. The van der Waals surface area contributed by atoms with Crippen molar-refractivity contribution in [3.05, 3.63) is 0 Å². The first-order valence-electron chi connectivity index (χ1n) is 4.21. The summed E-state index contributed by atoms with van der Waals surface area (Å²) in [4.78, 5) is 4.90. The van der Waals surface area contributed by atoms with E-state index in [4.69, 9.17) is 14.7 Å². The summed E-state index contributed by atoms with van der Waals surface area (Å²) < 4.78 is 5.02. The SMILES string of the molecule is CCOC(C)=NOCCCCO. The van der Waals surface area contributed by atoms with Crippen LogP contribution >= 0.6 is 0 Å². The second-order valence-corrected chi connectivity index (χ2v) is 2.31. The molecule has 0 radical (unpaired) electrons. The van der Waals surface area contributed by atoms with Crippen LogP contribution in [0, 0.1) is 0 Å². The molecule has 1 N–H and O–H groups in total. The molecule has 0 atom stereocenters. The summed E-state index contributed by atoms with van der Waals surface area (Å²) in [7, 11) is 0. The molecule has 0 spiro atoms. The van der Waals surface area contributed by atoms with Gasteiger partial charge in [0.2, 0.25) is 5.90 Å². The quantitative estimate of drug-likeness (QED) is 0.285. The number of ether oxygens (including phenoxy) is 1. The van der Waals surface area contributed by atoms with Gasteiger partial charge in [-0.2, -0.15) is 0 Å². The number of oxime groups is 1. The van der Waals surface area contributed by atoms with Gasteiger partial charge in [0, 0.05) is 13.5 Å². The van der Waals surface area contributed by atoms with E-state index in [1.54, 1.807) is 6.92 Å². The molecule has 0 aliphatic rings. The summed E-state index contributed by atoms with van der Waals surface area (Å²) in [5, 5.41) is 12.1. The van der Waals surface area contributed by atoms with E-state index in [2.05, 4.69) is 5.16 Å². The van der Waals surface area contributed by atoms with Crippen LogP contribution in [0.5, 0.6) is 0 Å². The molecule has 0 unspecified atom stereocenters. The largest absolute Gasteiger partial charge is 0.479 e. The molecule has 0 aromatic carbocycles. The molecular weight excluding hydrogens is 158 g/mol. The maximum Gasteiger partial charge on any atom is 0.222 e. The van der Waals surface area contributed by atoms with Gasteiger partial charge in [-0.25, -0.2) is 0 Å².